The van der Waals surface area contributed by atoms with Gasteiger partial charge in [0.15, 0.2) is 5.82 Å². The smallest absolute Gasteiger partial charge is 0.296 e. The minimum atomic E-state index is -2.80. The monoisotopic (exact) mass is 526 g/mol. The van der Waals surface area contributed by atoms with Crippen LogP contribution in [0.3, 0.4) is 0 Å². The molecule has 1 atom stereocenters. The summed E-state index contributed by atoms with van der Waals surface area (Å²) in [6.45, 7) is 3.57. The van der Waals surface area contributed by atoms with E-state index in [0.29, 0.717) is 68.7 Å². The summed E-state index contributed by atoms with van der Waals surface area (Å²) in [4.78, 5) is 43.4. The highest BCUT2D eigenvalue weighted by Gasteiger charge is 2.39. The number of ether oxygens (including phenoxy) is 1. The molecule has 1 unspecified atom stereocenters. The molecule has 2 aromatic heterocycles. The summed E-state index contributed by atoms with van der Waals surface area (Å²) in [6.07, 6.45) is -2.55. The van der Waals surface area contributed by atoms with Crippen LogP contribution in [0.1, 0.15) is 18.7 Å². The van der Waals surface area contributed by atoms with Gasteiger partial charge >= 0.3 is 0 Å². The molecule has 0 aliphatic carbocycles. The Morgan fingerprint density at radius 3 is 2.58 bits per heavy atom. The van der Waals surface area contributed by atoms with Crippen LogP contribution < -0.4 is 10.2 Å². The molecular formula is C25H28F2N8O3. The number of hydrogen-bond donors (Lipinski definition) is 1. The van der Waals surface area contributed by atoms with Gasteiger partial charge in [0.1, 0.15) is 11.6 Å². The van der Waals surface area contributed by atoms with E-state index in [1.54, 1.807) is 47.2 Å². The third-order valence-corrected chi connectivity index (χ3v) is 7.24. The van der Waals surface area contributed by atoms with Gasteiger partial charge in [0.05, 0.1) is 36.2 Å². The second kappa shape index (κ2) is 9.78. The van der Waals surface area contributed by atoms with Crippen molar-refractivity contribution in [2.24, 2.45) is 5.92 Å². The van der Waals surface area contributed by atoms with Crippen molar-refractivity contribution in [1.82, 2.24) is 29.3 Å². The first-order valence-corrected chi connectivity index (χ1v) is 12.6. The number of morpholine rings is 1. The summed E-state index contributed by atoms with van der Waals surface area (Å²) < 4.78 is 34.9. The van der Waals surface area contributed by atoms with Crippen LogP contribution in [0, 0.1) is 5.92 Å². The Morgan fingerprint density at radius 1 is 1.11 bits per heavy atom. The third kappa shape index (κ3) is 4.51. The number of nitrogens with zero attached hydrogens (tertiary/aromatic N) is 7. The van der Waals surface area contributed by atoms with Crippen molar-refractivity contribution < 1.29 is 23.1 Å². The van der Waals surface area contributed by atoms with E-state index in [4.69, 9.17) is 4.74 Å². The molecule has 3 aliphatic heterocycles. The SMILES string of the molecule is CN1CC(C(=O)N2CC(Nc3cc(-n4c(C(F)F)nc5ccccc54)nc(N4CCOCC4)n3)C2)CC1=O. The first kappa shape index (κ1) is 24.5. The summed E-state index contributed by atoms with van der Waals surface area (Å²) >= 11 is 0. The molecule has 200 valence electrons. The summed E-state index contributed by atoms with van der Waals surface area (Å²) in [5.74, 6) is 0.429. The van der Waals surface area contributed by atoms with Gasteiger partial charge in [-0.25, -0.2) is 13.8 Å². The summed E-state index contributed by atoms with van der Waals surface area (Å²) in [6, 6.07) is 8.52. The number of carbonyl (C=O) groups excluding carboxylic acids is 2. The van der Waals surface area contributed by atoms with Gasteiger partial charge in [0.25, 0.3) is 6.43 Å². The van der Waals surface area contributed by atoms with Gasteiger partial charge in [-0.3, -0.25) is 14.2 Å². The number of rotatable bonds is 6. The Labute approximate surface area is 217 Å². The van der Waals surface area contributed by atoms with Crippen LogP contribution in [0.5, 0.6) is 0 Å². The van der Waals surface area contributed by atoms with E-state index in [0.717, 1.165) is 0 Å². The molecule has 0 bridgehead atoms. The predicted octanol–water partition coefficient (Wildman–Crippen LogP) is 1.69. The number of anilines is 2. The van der Waals surface area contributed by atoms with Crippen LogP contribution >= 0.6 is 0 Å². The molecule has 3 aliphatic rings. The molecule has 0 spiro atoms. The van der Waals surface area contributed by atoms with Gasteiger partial charge in [-0.1, -0.05) is 12.1 Å². The molecule has 38 heavy (non-hydrogen) atoms. The molecule has 0 saturated carbocycles. The van der Waals surface area contributed by atoms with Gasteiger partial charge in [0, 0.05) is 52.3 Å². The highest BCUT2D eigenvalue weighted by atomic mass is 19.3. The molecule has 5 heterocycles. The number of imidazole rings is 1. The largest absolute Gasteiger partial charge is 0.378 e. The highest BCUT2D eigenvalue weighted by molar-refractivity contribution is 5.89. The van der Waals surface area contributed by atoms with Gasteiger partial charge in [-0.15, -0.1) is 0 Å². The van der Waals surface area contributed by atoms with Crippen molar-refractivity contribution >= 4 is 34.6 Å². The maximum atomic E-state index is 14.0. The lowest BCUT2D eigenvalue weighted by Gasteiger charge is -2.41. The van der Waals surface area contributed by atoms with E-state index in [1.165, 1.54) is 4.57 Å². The van der Waals surface area contributed by atoms with Crippen molar-refractivity contribution in [2.45, 2.75) is 18.9 Å². The lowest BCUT2D eigenvalue weighted by Crippen LogP contribution is -2.58. The Balaban J connectivity index is 1.27. The van der Waals surface area contributed by atoms with Gasteiger partial charge in [-0.05, 0) is 12.1 Å². The van der Waals surface area contributed by atoms with Crippen LogP contribution in [-0.4, -0.2) is 100 Å². The number of likely N-dealkylation sites (tertiary alicyclic amines) is 2. The number of para-hydroxylation sites is 2. The van der Waals surface area contributed by atoms with Crippen molar-refractivity contribution in [3.8, 4) is 5.82 Å². The van der Waals surface area contributed by atoms with Crippen LogP contribution in [0.2, 0.25) is 0 Å². The van der Waals surface area contributed by atoms with Crippen LogP contribution in [-0.2, 0) is 14.3 Å². The zero-order chi connectivity index (χ0) is 26.4. The Bertz CT molecular complexity index is 1370. The van der Waals surface area contributed by atoms with E-state index in [1.807, 2.05) is 4.90 Å². The average molecular weight is 527 g/mol. The highest BCUT2D eigenvalue weighted by Crippen LogP contribution is 2.30. The van der Waals surface area contributed by atoms with E-state index in [-0.39, 0.29) is 41.8 Å². The minimum absolute atomic E-state index is 0.0158. The molecule has 0 radical (unpaired) electrons. The number of fused-ring (bicyclic) bond motifs is 1. The first-order chi connectivity index (χ1) is 18.4. The minimum Gasteiger partial charge on any atom is -0.378 e. The quantitative estimate of drug-likeness (QED) is 0.517. The van der Waals surface area contributed by atoms with Crippen LogP contribution in [0.25, 0.3) is 16.9 Å². The predicted molar refractivity (Wildman–Crippen MR) is 134 cm³/mol. The van der Waals surface area contributed by atoms with E-state index in [9.17, 15) is 18.4 Å². The zero-order valence-electron chi connectivity index (χ0n) is 20.9. The van der Waals surface area contributed by atoms with Gasteiger partial charge in [0.2, 0.25) is 17.8 Å². The molecule has 3 saturated heterocycles. The second-order valence-corrected chi connectivity index (χ2v) is 9.87. The fourth-order valence-corrected chi connectivity index (χ4v) is 5.19. The summed E-state index contributed by atoms with van der Waals surface area (Å²) in [7, 11) is 1.71. The van der Waals surface area contributed by atoms with E-state index >= 15 is 0 Å². The first-order valence-electron chi connectivity index (χ1n) is 12.6. The van der Waals surface area contributed by atoms with Gasteiger partial charge in [-0.2, -0.15) is 9.97 Å². The number of nitrogens with one attached hydrogen (secondary N) is 1. The Morgan fingerprint density at radius 2 is 1.87 bits per heavy atom. The number of halogens is 2. The van der Waals surface area contributed by atoms with Crippen molar-refractivity contribution in [3.63, 3.8) is 0 Å². The topological polar surface area (TPSA) is 109 Å². The van der Waals surface area contributed by atoms with E-state index in [2.05, 4.69) is 20.3 Å². The molecule has 13 heteroatoms. The molecule has 11 nitrogen and oxygen atoms in total. The average Bonchev–Trinajstić information content (AvgIpc) is 3.46. The number of amides is 2. The maximum absolute atomic E-state index is 14.0. The van der Waals surface area contributed by atoms with Crippen molar-refractivity contribution in [3.05, 3.63) is 36.2 Å². The van der Waals surface area contributed by atoms with E-state index < -0.39 is 6.43 Å². The second-order valence-electron chi connectivity index (χ2n) is 9.87. The lowest BCUT2D eigenvalue weighted by atomic mass is 10.0. The normalized spacial score (nSPS) is 20.5. The van der Waals surface area contributed by atoms with Crippen molar-refractivity contribution in [2.75, 3.05) is 63.2 Å². The number of aromatic nitrogens is 4. The number of carbonyl (C=O) groups is 2. The van der Waals surface area contributed by atoms with Crippen molar-refractivity contribution in [1.29, 1.82) is 0 Å². The number of hydrogen-bond acceptors (Lipinski definition) is 8. The van der Waals surface area contributed by atoms with Gasteiger partial charge < -0.3 is 24.8 Å². The zero-order valence-corrected chi connectivity index (χ0v) is 20.9. The summed E-state index contributed by atoms with van der Waals surface area (Å²) in [5, 5.41) is 3.35. The Hall–Kier alpha value is -3.87. The fraction of sp³-hybridized carbons (Fsp3) is 0.480. The molecule has 2 amide bonds. The van der Waals surface area contributed by atoms with Crippen LogP contribution in [0.4, 0.5) is 20.5 Å². The number of benzene rings is 1. The molecule has 6 rings (SSSR count). The summed E-state index contributed by atoms with van der Waals surface area (Å²) in [5.41, 5.74) is 0.977. The standard InChI is InChI=1S/C25H28F2N8O3/c1-32-12-15(10-21(32)36)24(37)34-13-16(14-34)28-19-11-20(31-25(30-19)33-6-8-38-9-7-33)35-18-5-3-2-4-17(18)29-23(35)22(26)27/h2-5,11,15-16,22H,6-10,12-14H2,1H3,(H,28,30,31). The third-order valence-electron chi connectivity index (χ3n) is 7.24. The van der Waals surface area contributed by atoms with Crippen LogP contribution in [0.15, 0.2) is 30.3 Å². The number of alkyl halides is 2. The maximum Gasteiger partial charge on any atom is 0.296 e. The molecular weight excluding hydrogens is 498 g/mol. The molecule has 3 fully saturated rings. The lowest BCUT2D eigenvalue weighted by molar-refractivity contribution is -0.139. The molecule has 1 N–H and O–H groups in total. The fourth-order valence-electron chi connectivity index (χ4n) is 5.19. The Kier molecular flexibility index (Phi) is 6.30. The molecule has 3 aromatic rings. The molecule has 1 aromatic carbocycles.